The summed E-state index contributed by atoms with van der Waals surface area (Å²) in [6, 6.07) is 3.50. The highest BCUT2D eigenvalue weighted by atomic mass is 32.2. The Morgan fingerprint density at radius 3 is 2.63 bits per heavy atom. The lowest BCUT2D eigenvalue weighted by atomic mass is 9.81. The second-order valence-electron chi connectivity index (χ2n) is 7.62. The van der Waals surface area contributed by atoms with Crippen LogP contribution in [0, 0.1) is 12.8 Å². The van der Waals surface area contributed by atoms with Crippen molar-refractivity contribution in [3.8, 4) is 0 Å². The molecule has 10 heteroatoms. The molecule has 1 unspecified atom stereocenters. The molecule has 4 nitrogen and oxygen atoms in total. The zero-order valence-corrected chi connectivity index (χ0v) is 17.7. The summed E-state index contributed by atoms with van der Waals surface area (Å²) in [6.45, 7) is 6.70. The highest BCUT2D eigenvalue weighted by Crippen LogP contribution is 2.44. The van der Waals surface area contributed by atoms with E-state index in [-0.39, 0.29) is 31.0 Å². The predicted octanol–water partition coefficient (Wildman–Crippen LogP) is 6.10. The predicted molar refractivity (Wildman–Crippen MR) is 108 cm³/mol. The summed E-state index contributed by atoms with van der Waals surface area (Å²) >= 11 is 1.45. The van der Waals surface area contributed by atoms with Gasteiger partial charge in [-0.1, -0.05) is 6.58 Å². The van der Waals surface area contributed by atoms with E-state index in [4.69, 9.17) is 0 Å². The molecule has 0 bridgehead atoms. The zero-order chi connectivity index (χ0) is 22.3. The number of halogens is 5. The fraction of sp³-hybridized carbons (Fsp3) is 0.500. The van der Waals surface area contributed by atoms with Crippen molar-refractivity contribution in [1.82, 2.24) is 14.8 Å². The minimum absolute atomic E-state index is 0.115. The molecule has 0 amide bonds. The van der Waals surface area contributed by atoms with Gasteiger partial charge in [-0.15, -0.1) is 11.8 Å². The molecule has 1 saturated carbocycles. The summed E-state index contributed by atoms with van der Waals surface area (Å²) < 4.78 is 67.9. The molecule has 2 aromatic heterocycles. The molecule has 1 aliphatic rings. The first kappa shape index (κ1) is 22.6. The number of alkyl halides is 5. The molecule has 2 heterocycles. The van der Waals surface area contributed by atoms with Gasteiger partial charge in [-0.2, -0.15) is 18.3 Å². The number of rotatable bonds is 7. The fourth-order valence-corrected chi connectivity index (χ4v) is 4.05. The van der Waals surface area contributed by atoms with Crippen LogP contribution < -0.4 is 5.32 Å². The monoisotopic (exact) mass is 446 g/mol. The number of pyridine rings is 1. The lowest BCUT2D eigenvalue weighted by Gasteiger charge is -2.35. The molecule has 0 saturated heterocycles. The van der Waals surface area contributed by atoms with Gasteiger partial charge in [0.05, 0.1) is 28.0 Å². The van der Waals surface area contributed by atoms with Gasteiger partial charge in [0.25, 0.3) is 0 Å². The molecule has 0 aliphatic heterocycles. The average molecular weight is 446 g/mol. The van der Waals surface area contributed by atoms with E-state index < -0.39 is 18.0 Å². The Kier molecular flexibility index (Phi) is 6.18. The van der Waals surface area contributed by atoms with Gasteiger partial charge in [0.1, 0.15) is 0 Å². The highest BCUT2D eigenvalue weighted by molar-refractivity contribution is 7.98. The first-order chi connectivity index (χ1) is 13.9. The van der Waals surface area contributed by atoms with Crippen molar-refractivity contribution in [3.05, 3.63) is 41.9 Å². The van der Waals surface area contributed by atoms with Crippen LogP contribution in [-0.4, -0.2) is 33.1 Å². The summed E-state index contributed by atoms with van der Waals surface area (Å²) in [5, 5.41) is 8.03. The second kappa shape index (κ2) is 8.20. The third kappa shape index (κ3) is 4.79. The largest absolute Gasteiger partial charge is 0.397 e. The lowest BCUT2D eigenvalue weighted by Crippen LogP contribution is -2.38. The van der Waals surface area contributed by atoms with Gasteiger partial charge < -0.3 is 5.32 Å². The first-order valence-corrected chi connectivity index (χ1v) is 10.6. The Bertz CT molecular complexity index is 930. The van der Waals surface area contributed by atoms with E-state index >= 15 is 0 Å². The number of hydrogen-bond acceptors (Lipinski definition) is 4. The maximum atomic E-state index is 13.3. The normalized spacial score (nSPS) is 17.5. The van der Waals surface area contributed by atoms with E-state index in [1.54, 1.807) is 25.3 Å². The van der Waals surface area contributed by atoms with Crippen molar-refractivity contribution >= 4 is 23.1 Å². The Morgan fingerprint density at radius 2 is 2.07 bits per heavy atom. The van der Waals surface area contributed by atoms with Crippen molar-refractivity contribution in [2.45, 2.75) is 56.3 Å². The number of nitrogens with zero attached hydrogens (tertiary/aromatic N) is 3. The lowest BCUT2D eigenvalue weighted by molar-refractivity contribution is -0.147. The van der Waals surface area contributed by atoms with E-state index in [0.29, 0.717) is 22.6 Å². The van der Waals surface area contributed by atoms with Gasteiger partial charge in [0.15, 0.2) is 0 Å². The summed E-state index contributed by atoms with van der Waals surface area (Å²) in [4.78, 5) is 4.18. The van der Waals surface area contributed by atoms with Crippen molar-refractivity contribution in [2.24, 2.45) is 5.92 Å². The van der Waals surface area contributed by atoms with Gasteiger partial charge in [-0.25, -0.2) is 13.8 Å². The van der Waals surface area contributed by atoms with Gasteiger partial charge in [-0.3, -0.25) is 4.68 Å². The Labute approximate surface area is 175 Å². The quantitative estimate of drug-likeness (QED) is 0.412. The van der Waals surface area contributed by atoms with Crippen LogP contribution >= 0.6 is 11.8 Å². The molecule has 1 fully saturated rings. The number of aromatic nitrogens is 3. The van der Waals surface area contributed by atoms with Crippen LogP contribution in [0.4, 0.5) is 27.6 Å². The van der Waals surface area contributed by atoms with Crippen molar-refractivity contribution in [3.63, 3.8) is 0 Å². The minimum atomic E-state index is -4.46. The SMILES string of the molecule is C=C(Nc1ccnc(SC)c1)c1c(C)c(C(C)C(F)(F)F)nn1CC1CC(F)(F)C1. The molecule has 0 radical (unpaired) electrons. The second-order valence-corrected chi connectivity index (χ2v) is 8.45. The van der Waals surface area contributed by atoms with E-state index in [9.17, 15) is 22.0 Å². The van der Waals surface area contributed by atoms with E-state index in [1.807, 2.05) is 6.26 Å². The van der Waals surface area contributed by atoms with E-state index in [1.165, 1.54) is 16.4 Å². The van der Waals surface area contributed by atoms with Gasteiger partial charge in [0, 0.05) is 36.8 Å². The zero-order valence-electron chi connectivity index (χ0n) is 16.9. The summed E-state index contributed by atoms with van der Waals surface area (Å²) in [6.07, 6.45) is -1.57. The number of nitrogens with one attached hydrogen (secondary N) is 1. The fourth-order valence-electron chi connectivity index (χ4n) is 3.64. The van der Waals surface area contributed by atoms with Gasteiger partial charge in [0.2, 0.25) is 5.92 Å². The maximum absolute atomic E-state index is 13.3. The topological polar surface area (TPSA) is 42.7 Å². The van der Waals surface area contributed by atoms with Gasteiger partial charge in [-0.05, 0) is 38.2 Å². The summed E-state index contributed by atoms with van der Waals surface area (Å²) in [5.74, 6) is -4.84. The molecule has 1 aliphatic carbocycles. The summed E-state index contributed by atoms with van der Waals surface area (Å²) in [7, 11) is 0. The molecule has 1 N–H and O–H groups in total. The van der Waals surface area contributed by atoms with Crippen LogP contribution in [0.2, 0.25) is 0 Å². The molecule has 2 aromatic rings. The van der Waals surface area contributed by atoms with Crippen molar-refractivity contribution in [1.29, 1.82) is 0 Å². The van der Waals surface area contributed by atoms with Gasteiger partial charge >= 0.3 is 6.18 Å². The van der Waals surface area contributed by atoms with Crippen molar-refractivity contribution in [2.75, 3.05) is 11.6 Å². The van der Waals surface area contributed by atoms with Crippen LogP contribution in [0.3, 0.4) is 0 Å². The number of hydrogen-bond donors (Lipinski definition) is 1. The van der Waals surface area contributed by atoms with E-state index in [0.717, 1.165) is 11.9 Å². The van der Waals surface area contributed by atoms with Crippen LogP contribution in [0.1, 0.15) is 42.6 Å². The minimum Gasteiger partial charge on any atom is -0.354 e. The van der Waals surface area contributed by atoms with Crippen molar-refractivity contribution < 1.29 is 22.0 Å². The number of thioether (sulfide) groups is 1. The molecule has 3 rings (SSSR count). The first-order valence-electron chi connectivity index (χ1n) is 9.39. The molecule has 1 atom stereocenters. The molecule has 0 aromatic carbocycles. The van der Waals surface area contributed by atoms with E-state index in [2.05, 4.69) is 22.0 Å². The van der Waals surface area contributed by atoms with Crippen LogP contribution in [0.5, 0.6) is 0 Å². The third-order valence-electron chi connectivity index (χ3n) is 5.26. The standard InChI is InChI=1S/C20H23F5N4S/c1-11-17(12(2)20(23,24)25)28-29(10-14-8-19(21,22)9-14)18(11)13(3)27-15-5-6-26-16(7-15)30-4/h5-7,12,14H,3,8-10H2,1-2,4H3,(H,26,27). The Morgan fingerprint density at radius 1 is 1.40 bits per heavy atom. The van der Waals surface area contributed by atoms with Crippen LogP contribution in [0.25, 0.3) is 5.70 Å². The number of anilines is 1. The molecular weight excluding hydrogens is 423 g/mol. The Hall–Kier alpha value is -2.10. The smallest absolute Gasteiger partial charge is 0.354 e. The molecule has 0 spiro atoms. The highest BCUT2D eigenvalue weighted by Gasteiger charge is 2.46. The Balaban J connectivity index is 1.93. The average Bonchev–Trinajstić information content (AvgIpc) is 2.94. The maximum Gasteiger partial charge on any atom is 0.397 e. The molecule has 30 heavy (non-hydrogen) atoms. The summed E-state index contributed by atoms with van der Waals surface area (Å²) in [5.41, 5.74) is 1.63. The molecular formula is C20H23F5N4S. The van der Waals surface area contributed by atoms with Crippen LogP contribution in [0.15, 0.2) is 29.9 Å². The van der Waals surface area contributed by atoms with Crippen LogP contribution in [-0.2, 0) is 6.54 Å². The molecule has 164 valence electrons. The third-order valence-corrected chi connectivity index (χ3v) is 5.90.